The van der Waals surface area contributed by atoms with E-state index >= 15 is 0 Å². The topological polar surface area (TPSA) is 79.9 Å². The summed E-state index contributed by atoms with van der Waals surface area (Å²) < 4.78 is 3.62. The number of rotatable bonds is 5. The van der Waals surface area contributed by atoms with E-state index in [4.69, 9.17) is 5.41 Å². The molecular weight excluding hydrogens is 484 g/mol. The summed E-state index contributed by atoms with van der Waals surface area (Å²) in [5.41, 5.74) is 6.24. The molecule has 39 heavy (non-hydrogen) atoms. The van der Waals surface area contributed by atoms with Crippen LogP contribution < -0.4 is 11.0 Å². The summed E-state index contributed by atoms with van der Waals surface area (Å²) >= 11 is 0. The highest BCUT2D eigenvalue weighted by Crippen LogP contribution is 2.48. The summed E-state index contributed by atoms with van der Waals surface area (Å²) in [4.78, 5) is 25.7. The Kier molecular flexibility index (Phi) is 7.74. The minimum atomic E-state index is -0.150. The number of aryl methyl sites for hydroxylation is 1. The van der Waals surface area contributed by atoms with Crippen LogP contribution in [0.3, 0.4) is 0 Å². The number of carbonyl (C=O) groups excluding carboxylic acids is 1. The minimum Gasteiger partial charge on any atom is -0.358 e. The van der Waals surface area contributed by atoms with E-state index in [-0.39, 0.29) is 25.6 Å². The molecule has 0 saturated heterocycles. The van der Waals surface area contributed by atoms with Gasteiger partial charge in [0, 0.05) is 14.5 Å². The van der Waals surface area contributed by atoms with Crippen LogP contribution in [-0.2, 0) is 17.8 Å². The summed E-state index contributed by atoms with van der Waals surface area (Å²) in [6, 6.07) is 19.5. The molecular formula is C33H42N4O2. The smallest absolute Gasteiger partial charge is 0.329 e. The van der Waals surface area contributed by atoms with Crippen LogP contribution in [0, 0.1) is 24.2 Å². The molecule has 206 valence electrons. The third-order valence-electron chi connectivity index (χ3n) is 9.42. The van der Waals surface area contributed by atoms with Gasteiger partial charge >= 0.3 is 5.69 Å². The number of benzene rings is 3. The van der Waals surface area contributed by atoms with Crippen molar-refractivity contribution >= 4 is 34.4 Å². The zero-order valence-electron chi connectivity index (χ0n) is 23.4. The highest BCUT2D eigenvalue weighted by Gasteiger charge is 2.35. The molecule has 6 nitrogen and oxygen atoms in total. The Hall–Kier alpha value is -3.67. The van der Waals surface area contributed by atoms with Gasteiger partial charge in [0.25, 0.3) is 0 Å². The van der Waals surface area contributed by atoms with Gasteiger partial charge in [0.15, 0.2) is 0 Å². The summed E-state index contributed by atoms with van der Waals surface area (Å²) in [6.45, 7) is 7.28. The van der Waals surface area contributed by atoms with Crippen molar-refractivity contribution in [3.8, 4) is 0 Å². The number of likely N-dealkylation sites (N-methyl/N-ethyl adjacent to an activating group) is 1. The van der Waals surface area contributed by atoms with E-state index in [0.717, 1.165) is 43.1 Å². The number of hydrogen-bond donors (Lipinski definition) is 2. The van der Waals surface area contributed by atoms with E-state index in [1.54, 1.807) is 17.2 Å². The van der Waals surface area contributed by atoms with Gasteiger partial charge < -0.3 is 10.7 Å². The van der Waals surface area contributed by atoms with Crippen LogP contribution in [0.1, 0.15) is 69.1 Å². The Morgan fingerprint density at radius 1 is 1.05 bits per heavy atom. The maximum absolute atomic E-state index is 13.6. The van der Waals surface area contributed by atoms with Gasteiger partial charge in [-0.15, -0.1) is 0 Å². The summed E-state index contributed by atoms with van der Waals surface area (Å²) in [6.07, 6.45) is 6.64. The molecule has 0 radical (unpaired) electrons. The van der Waals surface area contributed by atoms with E-state index in [1.165, 1.54) is 28.3 Å². The molecule has 4 unspecified atom stereocenters. The number of imidazole rings is 1. The fourth-order valence-corrected chi connectivity index (χ4v) is 7.34. The van der Waals surface area contributed by atoms with Gasteiger partial charge in [-0.05, 0) is 96.7 Å². The number of aromatic nitrogens is 2. The first-order chi connectivity index (χ1) is 19.0. The summed E-state index contributed by atoms with van der Waals surface area (Å²) in [7, 11) is 1.61. The predicted octanol–water partition coefficient (Wildman–Crippen LogP) is 6.62. The molecule has 2 aliphatic carbocycles. The molecule has 1 fully saturated rings. The van der Waals surface area contributed by atoms with Crippen LogP contribution in [0.25, 0.3) is 21.8 Å². The lowest BCUT2D eigenvalue weighted by molar-refractivity contribution is -0.121. The molecule has 0 aliphatic heterocycles. The van der Waals surface area contributed by atoms with Gasteiger partial charge in [0.05, 0.1) is 11.0 Å². The SMILES string of the molecule is C=N.CNC(=O)Cn1c(=O)n(C2CCCC(C(C)C3Cc4c(C)ccc5cccc3c45)CC2)c2ccccc21.[HH]. The second kappa shape index (κ2) is 11.2. The number of nitrogens with one attached hydrogen (secondary N) is 2. The largest absolute Gasteiger partial charge is 0.358 e. The Bertz CT molecular complexity index is 1570. The molecule has 6 rings (SSSR count). The zero-order valence-corrected chi connectivity index (χ0v) is 23.4. The van der Waals surface area contributed by atoms with E-state index in [2.05, 4.69) is 56.2 Å². The fraction of sp³-hybridized carbons (Fsp3) is 0.424. The van der Waals surface area contributed by atoms with Gasteiger partial charge in [0.2, 0.25) is 5.91 Å². The van der Waals surface area contributed by atoms with E-state index < -0.39 is 0 Å². The average Bonchev–Trinajstić information content (AvgIpc) is 3.37. The highest BCUT2D eigenvalue weighted by atomic mass is 16.2. The maximum Gasteiger partial charge on any atom is 0.329 e. The van der Waals surface area contributed by atoms with Crippen molar-refractivity contribution in [1.82, 2.24) is 14.5 Å². The first-order valence-corrected chi connectivity index (χ1v) is 14.2. The third-order valence-corrected chi connectivity index (χ3v) is 9.42. The van der Waals surface area contributed by atoms with Crippen LogP contribution in [0.5, 0.6) is 0 Å². The van der Waals surface area contributed by atoms with Gasteiger partial charge in [0.1, 0.15) is 6.54 Å². The number of carbonyl (C=O) groups is 1. The molecule has 2 N–H and O–H groups in total. The monoisotopic (exact) mass is 526 g/mol. The Balaban J connectivity index is 0.00000121. The maximum atomic E-state index is 13.6. The summed E-state index contributed by atoms with van der Waals surface area (Å²) in [5, 5.41) is 11.0. The standard InChI is InChI=1S/C32H37N3O2.CH3N.H2/c1-20-14-15-23-9-7-11-25-27(18-26(20)31(23)25)21(2)22-8-6-10-24(17-16-22)35-29-13-5-4-12-28(29)34(32(35)37)19-30(36)33-3;1-2;/h4-5,7,9,11-15,21-22,24,27H,6,8,10,16-19H2,1-3H3,(H,33,36);2H,1H2;1H. The number of amides is 1. The number of fused-ring (bicyclic) bond motifs is 1. The van der Waals surface area contributed by atoms with Crippen molar-refractivity contribution in [2.24, 2.45) is 11.8 Å². The number of para-hydroxylation sites is 2. The molecule has 1 heterocycles. The van der Waals surface area contributed by atoms with Crippen LogP contribution in [-0.4, -0.2) is 28.8 Å². The van der Waals surface area contributed by atoms with Crippen molar-refractivity contribution in [3.63, 3.8) is 0 Å². The lowest BCUT2D eigenvalue weighted by Gasteiger charge is -2.29. The van der Waals surface area contributed by atoms with Crippen molar-refractivity contribution in [1.29, 1.82) is 5.41 Å². The lowest BCUT2D eigenvalue weighted by atomic mass is 9.76. The van der Waals surface area contributed by atoms with Crippen LogP contribution in [0.4, 0.5) is 0 Å². The van der Waals surface area contributed by atoms with Crippen LogP contribution in [0.15, 0.2) is 59.4 Å². The minimum absolute atomic E-state index is 0. The molecule has 3 aromatic carbocycles. The molecule has 2 aliphatic rings. The van der Waals surface area contributed by atoms with Gasteiger partial charge in [-0.3, -0.25) is 13.9 Å². The van der Waals surface area contributed by atoms with Crippen LogP contribution >= 0.6 is 0 Å². The van der Waals surface area contributed by atoms with Gasteiger partial charge in [-0.2, -0.15) is 0 Å². The second-order valence-corrected chi connectivity index (χ2v) is 11.3. The van der Waals surface area contributed by atoms with Crippen molar-refractivity contribution in [2.45, 2.75) is 70.9 Å². The Morgan fingerprint density at radius 3 is 2.59 bits per heavy atom. The zero-order chi connectivity index (χ0) is 27.7. The molecule has 1 aromatic heterocycles. The van der Waals surface area contributed by atoms with E-state index in [0.29, 0.717) is 17.8 Å². The van der Waals surface area contributed by atoms with E-state index in [1.807, 2.05) is 28.8 Å². The predicted molar refractivity (Wildman–Crippen MR) is 162 cm³/mol. The van der Waals surface area contributed by atoms with Gasteiger partial charge in [-0.25, -0.2) is 4.79 Å². The molecule has 0 bridgehead atoms. The molecule has 4 aromatic rings. The third kappa shape index (κ3) is 4.70. The molecule has 4 atom stereocenters. The first kappa shape index (κ1) is 26.9. The first-order valence-electron chi connectivity index (χ1n) is 14.2. The number of nitrogens with zero attached hydrogens (tertiary/aromatic N) is 2. The molecule has 1 amide bonds. The average molecular weight is 527 g/mol. The van der Waals surface area contributed by atoms with E-state index in [9.17, 15) is 9.59 Å². The Labute approximate surface area is 232 Å². The highest BCUT2D eigenvalue weighted by molar-refractivity contribution is 5.92. The van der Waals surface area contributed by atoms with Crippen molar-refractivity contribution < 1.29 is 6.22 Å². The van der Waals surface area contributed by atoms with Gasteiger partial charge in [-0.1, -0.05) is 62.2 Å². The fourth-order valence-electron chi connectivity index (χ4n) is 7.34. The lowest BCUT2D eigenvalue weighted by Crippen LogP contribution is -2.32. The molecule has 6 heteroatoms. The Morgan fingerprint density at radius 2 is 1.82 bits per heavy atom. The van der Waals surface area contributed by atoms with Crippen molar-refractivity contribution in [2.75, 3.05) is 7.05 Å². The molecule has 1 saturated carbocycles. The van der Waals surface area contributed by atoms with Crippen molar-refractivity contribution in [3.05, 3.63) is 81.8 Å². The summed E-state index contributed by atoms with van der Waals surface area (Å²) in [5.74, 6) is 1.67. The molecule has 0 spiro atoms. The second-order valence-electron chi connectivity index (χ2n) is 11.3. The number of hydrogen-bond acceptors (Lipinski definition) is 3. The quantitative estimate of drug-likeness (QED) is 0.226. The van der Waals surface area contributed by atoms with Crippen LogP contribution in [0.2, 0.25) is 0 Å². The normalized spacial score (nSPS) is 21.3.